The van der Waals surface area contributed by atoms with Gasteiger partial charge in [-0.15, -0.1) is 0 Å². The van der Waals surface area contributed by atoms with Gasteiger partial charge in [-0.3, -0.25) is 0 Å². The van der Waals surface area contributed by atoms with Crippen LogP contribution in [0.2, 0.25) is 5.02 Å². The number of hydrogen-bond donors (Lipinski definition) is 1. The topological polar surface area (TPSA) is 43.8 Å². The SMILES string of the molecule is CCC(N)Cc1nc2ccc(Cl)cc2n1CC. The van der Waals surface area contributed by atoms with E-state index in [2.05, 4.69) is 23.4 Å². The molecule has 92 valence electrons. The van der Waals surface area contributed by atoms with Crippen LogP contribution in [0, 0.1) is 0 Å². The molecule has 1 atom stereocenters. The van der Waals surface area contributed by atoms with E-state index in [0.717, 1.165) is 41.3 Å². The molecule has 0 amide bonds. The summed E-state index contributed by atoms with van der Waals surface area (Å²) in [6.45, 7) is 5.10. The van der Waals surface area contributed by atoms with Gasteiger partial charge in [-0.25, -0.2) is 4.98 Å². The van der Waals surface area contributed by atoms with Crippen molar-refractivity contribution in [1.29, 1.82) is 0 Å². The molecule has 0 aliphatic heterocycles. The Hall–Kier alpha value is -1.06. The number of nitrogens with two attached hydrogens (primary N) is 1. The van der Waals surface area contributed by atoms with Gasteiger partial charge in [-0.05, 0) is 31.5 Å². The average Bonchev–Trinajstić information content (AvgIpc) is 2.65. The lowest BCUT2D eigenvalue weighted by Gasteiger charge is -2.10. The maximum Gasteiger partial charge on any atom is 0.111 e. The second-order valence-electron chi connectivity index (χ2n) is 4.28. The third-order valence-corrected chi connectivity index (χ3v) is 3.31. The molecule has 2 N–H and O–H groups in total. The maximum atomic E-state index is 6.02. The number of fused-ring (bicyclic) bond motifs is 1. The fourth-order valence-electron chi connectivity index (χ4n) is 2.03. The second-order valence-corrected chi connectivity index (χ2v) is 4.71. The summed E-state index contributed by atoms with van der Waals surface area (Å²) in [5.74, 6) is 1.05. The highest BCUT2D eigenvalue weighted by Crippen LogP contribution is 2.21. The van der Waals surface area contributed by atoms with Gasteiger partial charge in [0.05, 0.1) is 11.0 Å². The van der Waals surface area contributed by atoms with Crippen LogP contribution in [-0.4, -0.2) is 15.6 Å². The number of halogens is 1. The van der Waals surface area contributed by atoms with Gasteiger partial charge in [0.15, 0.2) is 0 Å². The quantitative estimate of drug-likeness (QED) is 0.908. The van der Waals surface area contributed by atoms with E-state index in [1.807, 2.05) is 18.2 Å². The van der Waals surface area contributed by atoms with Crippen molar-refractivity contribution in [3.63, 3.8) is 0 Å². The van der Waals surface area contributed by atoms with Crippen LogP contribution in [0.15, 0.2) is 18.2 Å². The van der Waals surface area contributed by atoms with E-state index in [4.69, 9.17) is 17.3 Å². The molecule has 0 radical (unpaired) electrons. The molecule has 1 aromatic heterocycles. The summed E-state index contributed by atoms with van der Waals surface area (Å²) in [6, 6.07) is 5.98. The normalized spacial score (nSPS) is 13.2. The first-order chi connectivity index (χ1) is 8.15. The molecular weight excluding hydrogens is 234 g/mol. The third-order valence-electron chi connectivity index (χ3n) is 3.07. The molecule has 1 heterocycles. The van der Waals surface area contributed by atoms with Crippen LogP contribution >= 0.6 is 11.6 Å². The number of rotatable bonds is 4. The Morgan fingerprint density at radius 2 is 2.18 bits per heavy atom. The number of aryl methyl sites for hydroxylation is 1. The smallest absolute Gasteiger partial charge is 0.111 e. The van der Waals surface area contributed by atoms with E-state index >= 15 is 0 Å². The average molecular weight is 252 g/mol. The molecule has 1 aromatic carbocycles. The van der Waals surface area contributed by atoms with Gasteiger partial charge in [0.2, 0.25) is 0 Å². The van der Waals surface area contributed by atoms with Crippen LogP contribution in [0.25, 0.3) is 11.0 Å². The molecule has 17 heavy (non-hydrogen) atoms. The van der Waals surface area contributed by atoms with Crippen LogP contribution < -0.4 is 5.73 Å². The number of benzene rings is 1. The zero-order chi connectivity index (χ0) is 12.4. The van der Waals surface area contributed by atoms with Crippen molar-refractivity contribution < 1.29 is 0 Å². The molecule has 3 nitrogen and oxygen atoms in total. The molecule has 4 heteroatoms. The Bertz CT molecular complexity index is 519. The van der Waals surface area contributed by atoms with Crippen molar-refractivity contribution in [2.45, 2.75) is 39.3 Å². The summed E-state index contributed by atoms with van der Waals surface area (Å²) < 4.78 is 2.19. The molecule has 0 aliphatic carbocycles. The van der Waals surface area contributed by atoms with Crippen LogP contribution in [0.4, 0.5) is 0 Å². The predicted octanol–water partition coefficient (Wildman–Crippen LogP) is 2.99. The molecule has 1 unspecified atom stereocenters. The monoisotopic (exact) mass is 251 g/mol. The Morgan fingerprint density at radius 3 is 2.82 bits per heavy atom. The summed E-state index contributed by atoms with van der Waals surface area (Å²) in [5, 5.41) is 0.749. The molecule has 0 spiro atoms. The summed E-state index contributed by atoms with van der Waals surface area (Å²) in [6.07, 6.45) is 1.78. The highest BCUT2D eigenvalue weighted by molar-refractivity contribution is 6.31. The number of imidazole rings is 1. The Balaban J connectivity index is 2.48. The first-order valence-corrected chi connectivity index (χ1v) is 6.43. The summed E-state index contributed by atoms with van der Waals surface area (Å²) in [7, 11) is 0. The van der Waals surface area contributed by atoms with Gasteiger partial charge < -0.3 is 10.3 Å². The highest BCUT2D eigenvalue weighted by Gasteiger charge is 2.12. The molecule has 0 bridgehead atoms. The lowest BCUT2D eigenvalue weighted by Crippen LogP contribution is -2.23. The molecule has 2 aromatic rings. The summed E-state index contributed by atoms with van der Waals surface area (Å²) in [5.41, 5.74) is 8.09. The van der Waals surface area contributed by atoms with Gasteiger partial charge in [0, 0.05) is 24.0 Å². The van der Waals surface area contributed by atoms with E-state index in [-0.39, 0.29) is 6.04 Å². The van der Waals surface area contributed by atoms with Crippen molar-refractivity contribution in [2.24, 2.45) is 5.73 Å². The van der Waals surface area contributed by atoms with E-state index in [0.29, 0.717) is 0 Å². The van der Waals surface area contributed by atoms with Crippen LogP contribution in [0.5, 0.6) is 0 Å². The lowest BCUT2D eigenvalue weighted by atomic mass is 10.1. The third kappa shape index (κ3) is 2.45. The summed E-state index contributed by atoms with van der Waals surface area (Å²) in [4.78, 5) is 4.64. The number of aromatic nitrogens is 2. The van der Waals surface area contributed by atoms with Crippen LogP contribution in [0.3, 0.4) is 0 Å². The molecule has 0 aliphatic rings. The van der Waals surface area contributed by atoms with Crippen molar-refractivity contribution in [1.82, 2.24) is 9.55 Å². The van der Waals surface area contributed by atoms with Gasteiger partial charge in [-0.1, -0.05) is 18.5 Å². The van der Waals surface area contributed by atoms with Crippen LogP contribution in [-0.2, 0) is 13.0 Å². The van der Waals surface area contributed by atoms with Crippen LogP contribution in [0.1, 0.15) is 26.1 Å². The molecule has 0 fully saturated rings. The highest BCUT2D eigenvalue weighted by atomic mass is 35.5. The number of nitrogens with zero attached hydrogens (tertiary/aromatic N) is 2. The minimum Gasteiger partial charge on any atom is -0.328 e. The predicted molar refractivity (Wildman–Crippen MR) is 72.4 cm³/mol. The van der Waals surface area contributed by atoms with Crippen molar-refractivity contribution in [3.8, 4) is 0 Å². The van der Waals surface area contributed by atoms with E-state index in [1.165, 1.54) is 0 Å². The Labute approximate surface area is 107 Å². The lowest BCUT2D eigenvalue weighted by molar-refractivity contribution is 0.597. The fourth-order valence-corrected chi connectivity index (χ4v) is 2.20. The molecule has 2 rings (SSSR count). The van der Waals surface area contributed by atoms with Crippen molar-refractivity contribution in [3.05, 3.63) is 29.0 Å². The van der Waals surface area contributed by atoms with Crippen molar-refractivity contribution >= 4 is 22.6 Å². The molecular formula is C13H18ClN3. The Morgan fingerprint density at radius 1 is 1.41 bits per heavy atom. The molecule has 0 saturated carbocycles. The first kappa shape index (κ1) is 12.4. The van der Waals surface area contributed by atoms with Gasteiger partial charge in [-0.2, -0.15) is 0 Å². The fraction of sp³-hybridized carbons (Fsp3) is 0.462. The second kappa shape index (κ2) is 5.07. The maximum absolute atomic E-state index is 6.02. The van der Waals surface area contributed by atoms with E-state index in [1.54, 1.807) is 0 Å². The van der Waals surface area contributed by atoms with Gasteiger partial charge in [0.1, 0.15) is 5.82 Å². The van der Waals surface area contributed by atoms with Gasteiger partial charge >= 0.3 is 0 Å². The summed E-state index contributed by atoms with van der Waals surface area (Å²) >= 11 is 6.02. The standard InChI is InChI=1S/C13H18ClN3/c1-3-10(15)8-13-16-11-6-5-9(14)7-12(11)17(13)4-2/h5-7,10H,3-4,8,15H2,1-2H3. The van der Waals surface area contributed by atoms with Gasteiger partial charge in [0.25, 0.3) is 0 Å². The first-order valence-electron chi connectivity index (χ1n) is 6.06. The minimum atomic E-state index is 0.174. The number of hydrogen-bond acceptors (Lipinski definition) is 2. The van der Waals surface area contributed by atoms with E-state index in [9.17, 15) is 0 Å². The van der Waals surface area contributed by atoms with E-state index < -0.39 is 0 Å². The zero-order valence-corrected chi connectivity index (χ0v) is 11.0. The zero-order valence-electron chi connectivity index (χ0n) is 10.3. The van der Waals surface area contributed by atoms with Crippen molar-refractivity contribution in [2.75, 3.05) is 0 Å². The molecule has 0 saturated heterocycles. The Kier molecular flexibility index (Phi) is 3.69. The largest absolute Gasteiger partial charge is 0.328 e. The minimum absolute atomic E-state index is 0.174.